The van der Waals surface area contributed by atoms with Gasteiger partial charge in [0.05, 0.1) is 16.9 Å². The molecule has 0 radical (unpaired) electrons. The molecule has 22 heavy (non-hydrogen) atoms. The van der Waals surface area contributed by atoms with Crippen LogP contribution in [-0.4, -0.2) is 16.9 Å². The van der Waals surface area contributed by atoms with Gasteiger partial charge < -0.3 is 10.6 Å². The number of pyridine rings is 1. The molecule has 1 aromatic heterocycles. The lowest BCUT2D eigenvalue weighted by Crippen LogP contribution is -2.17. The van der Waals surface area contributed by atoms with Crippen molar-refractivity contribution in [3.05, 3.63) is 53.6 Å². The zero-order valence-corrected chi connectivity index (χ0v) is 12.2. The zero-order valence-electron chi connectivity index (χ0n) is 12.2. The SMILES string of the molecule is CC(C)Nc1ccc(F)cc1NC(=O)c1ccc(C#N)cn1. The molecule has 1 aromatic carbocycles. The number of anilines is 2. The average Bonchev–Trinajstić information content (AvgIpc) is 2.49. The van der Waals surface area contributed by atoms with Crippen LogP contribution < -0.4 is 10.6 Å². The predicted molar refractivity (Wildman–Crippen MR) is 82.1 cm³/mol. The van der Waals surface area contributed by atoms with Crippen LogP contribution in [0.15, 0.2) is 36.5 Å². The number of benzene rings is 1. The second kappa shape index (κ2) is 6.68. The highest BCUT2D eigenvalue weighted by Crippen LogP contribution is 2.24. The molecule has 0 saturated carbocycles. The van der Waals surface area contributed by atoms with Gasteiger partial charge in [-0.2, -0.15) is 5.26 Å². The summed E-state index contributed by atoms with van der Waals surface area (Å²) in [7, 11) is 0. The lowest BCUT2D eigenvalue weighted by Gasteiger charge is -2.15. The number of nitriles is 1. The number of hydrogen-bond acceptors (Lipinski definition) is 4. The van der Waals surface area contributed by atoms with Crippen LogP contribution in [-0.2, 0) is 0 Å². The van der Waals surface area contributed by atoms with Crippen molar-refractivity contribution in [3.8, 4) is 6.07 Å². The van der Waals surface area contributed by atoms with Gasteiger partial charge in [0.25, 0.3) is 5.91 Å². The van der Waals surface area contributed by atoms with Crippen LogP contribution >= 0.6 is 0 Å². The van der Waals surface area contributed by atoms with Gasteiger partial charge in [0.15, 0.2) is 0 Å². The maximum Gasteiger partial charge on any atom is 0.274 e. The number of nitrogens with zero attached hydrogens (tertiary/aromatic N) is 2. The standard InChI is InChI=1S/C16H15FN4O/c1-10(2)20-13-6-4-12(17)7-15(13)21-16(22)14-5-3-11(8-18)9-19-14/h3-7,9-10,20H,1-2H3,(H,21,22). The maximum atomic E-state index is 13.4. The van der Waals surface area contributed by atoms with Gasteiger partial charge in [-0.15, -0.1) is 0 Å². The molecule has 0 aliphatic carbocycles. The molecule has 2 aromatic rings. The molecule has 2 rings (SSSR count). The first-order chi connectivity index (χ1) is 10.5. The molecule has 0 fully saturated rings. The van der Waals surface area contributed by atoms with Crippen LogP contribution in [0.2, 0.25) is 0 Å². The minimum absolute atomic E-state index is 0.133. The molecule has 1 amide bonds. The van der Waals surface area contributed by atoms with Crippen molar-refractivity contribution >= 4 is 17.3 Å². The summed E-state index contributed by atoms with van der Waals surface area (Å²) in [5.41, 5.74) is 1.48. The topological polar surface area (TPSA) is 77.8 Å². The van der Waals surface area contributed by atoms with Gasteiger partial charge in [0.1, 0.15) is 17.6 Å². The third kappa shape index (κ3) is 3.79. The molecule has 2 N–H and O–H groups in total. The first kappa shape index (κ1) is 15.4. The summed E-state index contributed by atoms with van der Waals surface area (Å²) in [5.74, 6) is -0.917. The number of hydrogen-bond donors (Lipinski definition) is 2. The van der Waals surface area contributed by atoms with Crippen LogP contribution in [0.25, 0.3) is 0 Å². The van der Waals surface area contributed by atoms with E-state index in [1.807, 2.05) is 19.9 Å². The smallest absolute Gasteiger partial charge is 0.274 e. The summed E-state index contributed by atoms with van der Waals surface area (Å²) in [6, 6.07) is 9.14. The van der Waals surface area contributed by atoms with E-state index in [4.69, 9.17) is 5.26 Å². The molecule has 1 heterocycles. The number of carbonyl (C=O) groups is 1. The van der Waals surface area contributed by atoms with E-state index in [1.54, 1.807) is 6.07 Å². The molecule has 0 aliphatic heterocycles. The van der Waals surface area contributed by atoms with E-state index in [-0.39, 0.29) is 11.7 Å². The number of rotatable bonds is 4. The zero-order chi connectivity index (χ0) is 16.1. The van der Waals surface area contributed by atoms with Crippen molar-refractivity contribution in [1.29, 1.82) is 5.26 Å². The molecule has 0 atom stereocenters. The molecule has 0 unspecified atom stereocenters. The van der Waals surface area contributed by atoms with Gasteiger partial charge in [-0.1, -0.05) is 0 Å². The lowest BCUT2D eigenvalue weighted by atomic mass is 10.2. The second-order valence-corrected chi connectivity index (χ2v) is 4.99. The van der Waals surface area contributed by atoms with Crippen molar-refractivity contribution in [2.75, 3.05) is 10.6 Å². The van der Waals surface area contributed by atoms with Crippen LogP contribution in [0.4, 0.5) is 15.8 Å². The minimum atomic E-state index is -0.470. The van der Waals surface area contributed by atoms with E-state index in [9.17, 15) is 9.18 Å². The molecule has 5 nitrogen and oxygen atoms in total. The number of carbonyl (C=O) groups excluding carboxylic acids is 1. The Balaban J connectivity index is 2.23. The van der Waals surface area contributed by atoms with E-state index in [0.717, 1.165) is 0 Å². The van der Waals surface area contributed by atoms with Crippen LogP contribution in [0.5, 0.6) is 0 Å². The molecule has 6 heteroatoms. The summed E-state index contributed by atoms with van der Waals surface area (Å²) in [6.07, 6.45) is 1.31. The monoisotopic (exact) mass is 298 g/mol. The molecular formula is C16H15FN4O. The van der Waals surface area contributed by atoms with Gasteiger partial charge >= 0.3 is 0 Å². The fourth-order valence-electron chi connectivity index (χ4n) is 1.84. The van der Waals surface area contributed by atoms with Gasteiger partial charge in [-0.3, -0.25) is 4.79 Å². The first-order valence-corrected chi connectivity index (χ1v) is 6.73. The quantitative estimate of drug-likeness (QED) is 0.908. The molecular weight excluding hydrogens is 283 g/mol. The molecule has 112 valence electrons. The van der Waals surface area contributed by atoms with Crippen LogP contribution in [0.1, 0.15) is 29.9 Å². The van der Waals surface area contributed by atoms with Gasteiger partial charge in [0.2, 0.25) is 0 Å². The van der Waals surface area contributed by atoms with Crippen molar-refractivity contribution < 1.29 is 9.18 Å². The molecule has 0 spiro atoms. The van der Waals surface area contributed by atoms with Gasteiger partial charge in [-0.25, -0.2) is 9.37 Å². The summed E-state index contributed by atoms with van der Waals surface area (Å²) >= 11 is 0. The van der Waals surface area contributed by atoms with E-state index in [0.29, 0.717) is 16.9 Å². The Kier molecular flexibility index (Phi) is 4.69. The van der Waals surface area contributed by atoms with E-state index < -0.39 is 11.7 Å². The number of aromatic nitrogens is 1. The molecule has 0 bridgehead atoms. The Morgan fingerprint density at radius 1 is 1.27 bits per heavy atom. The summed E-state index contributed by atoms with van der Waals surface area (Å²) in [5, 5.41) is 14.5. The van der Waals surface area contributed by atoms with Crippen molar-refractivity contribution in [2.45, 2.75) is 19.9 Å². The first-order valence-electron chi connectivity index (χ1n) is 6.73. The molecule has 0 aliphatic rings. The highest BCUT2D eigenvalue weighted by molar-refractivity contribution is 6.04. The average molecular weight is 298 g/mol. The fraction of sp³-hybridized carbons (Fsp3) is 0.188. The van der Waals surface area contributed by atoms with E-state index >= 15 is 0 Å². The Labute approximate surface area is 127 Å². The minimum Gasteiger partial charge on any atom is -0.381 e. The van der Waals surface area contributed by atoms with Crippen molar-refractivity contribution in [3.63, 3.8) is 0 Å². The Bertz CT molecular complexity index is 720. The number of halogens is 1. The van der Waals surface area contributed by atoms with Crippen LogP contribution in [0.3, 0.4) is 0 Å². The number of nitrogens with one attached hydrogen (secondary N) is 2. The normalized spacial score (nSPS) is 10.1. The highest BCUT2D eigenvalue weighted by atomic mass is 19.1. The third-order valence-electron chi connectivity index (χ3n) is 2.80. The van der Waals surface area contributed by atoms with E-state index in [2.05, 4.69) is 15.6 Å². The van der Waals surface area contributed by atoms with Gasteiger partial charge in [0, 0.05) is 12.2 Å². The largest absolute Gasteiger partial charge is 0.381 e. The summed E-state index contributed by atoms with van der Waals surface area (Å²) in [6.45, 7) is 3.88. The lowest BCUT2D eigenvalue weighted by molar-refractivity contribution is 0.102. The van der Waals surface area contributed by atoms with Crippen molar-refractivity contribution in [2.24, 2.45) is 0 Å². The van der Waals surface area contributed by atoms with Gasteiger partial charge in [-0.05, 0) is 44.2 Å². The Morgan fingerprint density at radius 2 is 2.05 bits per heavy atom. The Morgan fingerprint density at radius 3 is 2.64 bits per heavy atom. The highest BCUT2D eigenvalue weighted by Gasteiger charge is 2.12. The summed E-state index contributed by atoms with van der Waals surface area (Å²) < 4.78 is 13.4. The fourth-order valence-corrected chi connectivity index (χ4v) is 1.84. The Hall–Kier alpha value is -2.94. The third-order valence-corrected chi connectivity index (χ3v) is 2.80. The predicted octanol–water partition coefficient (Wildman–Crippen LogP) is 3.16. The van der Waals surface area contributed by atoms with Crippen LogP contribution in [0, 0.1) is 17.1 Å². The summed E-state index contributed by atoms with van der Waals surface area (Å²) in [4.78, 5) is 16.1. The maximum absolute atomic E-state index is 13.4. The van der Waals surface area contributed by atoms with E-state index in [1.165, 1.54) is 30.5 Å². The van der Waals surface area contributed by atoms with Crippen molar-refractivity contribution in [1.82, 2.24) is 4.98 Å². The second-order valence-electron chi connectivity index (χ2n) is 4.99. The number of amides is 1. The molecule has 0 saturated heterocycles.